The molecule has 0 aliphatic rings. The lowest BCUT2D eigenvalue weighted by atomic mass is 9.67. The first-order chi connectivity index (χ1) is 11.2. The molecule has 0 spiro atoms. The first kappa shape index (κ1) is 15.5. The zero-order chi connectivity index (χ0) is 16.1. The van der Waals surface area contributed by atoms with Gasteiger partial charge in [-0.1, -0.05) is 91.0 Å². The van der Waals surface area contributed by atoms with Crippen molar-refractivity contribution in [2.75, 3.05) is 0 Å². The fraction of sp³-hybridized carbons (Fsp3) is 0.182. The van der Waals surface area contributed by atoms with Gasteiger partial charge in [0.2, 0.25) is 0 Å². The smallest absolute Gasteiger partial charge is 0.0652 e. The minimum absolute atomic E-state index is 0.454. The summed E-state index contributed by atoms with van der Waals surface area (Å²) >= 11 is 0. The van der Waals surface area contributed by atoms with E-state index in [4.69, 9.17) is 0 Å². The number of benzene rings is 3. The second-order valence-corrected chi connectivity index (χ2v) is 6.04. The van der Waals surface area contributed by atoms with Gasteiger partial charge in [0.15, 0.2) is 0 Å². The van der Waals surface area contributed by atoms with Gasteiger partial charge in [0.25, 0.3) is 0 Å². The zero-order valence-electron chi connectivity index (χ0n) is 13.4. The van der Waals surface area contributed by atoms with E-state index in [1.165, 1.54) is 5.56 Å². The standard InChI is InChI=1S/C22H22O/c1-18(23)22(20-13-7-3-8-14-20,21-15-9-4-10-16-21)17-19-11-5-2-6-12-19/h2-16,18,23H,17H2,1H3/t18-/m1/s1. The van der Waals surface area contributed by atoms with E-state index in [0.29, 0.717) is 0 Å². The molecule has 0 unspecified atom stereocenters. The highest BCUT2D eigenvalue weighted by atomic mass is 16.3. The maximum atomic E-state index is 10.8. The van der Waals surface area contributed by atoms with Gasteiger partial charge in [-0.2, -0.15) is 0 Å². The second kappa shape index (κ2) is 6.80. The fourth-order valence-corrected chi connectivity index (χ4v) is 3.39. The molecule has 0 saturated carbocycles. The molecule has 3 aromatic rings. The molecule has 0 heterocycles. The first-order valence-electron chi connectivity index (χ1n) is 8.06. The van der Waals surface area contributed by atoms with Crippen molar-refractivity contribution < 1.29 is 5.11 Å². The molecule has 23 heavy (non-hydrogen) atoms. The molecule has 3 rings (SSSR count). The molecule has 0 radical (unpaired) electrons. The summed E-state index contributed by atoms with van der Waals surface area (Å²) in [6.07, 6.45) is 0.256. The minimum Gasteiger partial charge on any atom is -0.392 e. The summed E-state index contributed by atoms with van der Waals surface area (Å²) in [5.74, 6) is 0. The quantitative estimate of drug-likeness (QED) is 0.730. The fourth-order valence-electron chi connectivity index (χ4n) is 3.39. The van der Waals surface area contributed by atoms with Gasteiger partial charge < -0.3 is 5.11 Å². The first-order valence-corrected chi connectivity index (χ1v) is 8.06. The van der Waals surface area contributed by atoms with E-state index in [-0.39, 0.29) is 0 Å². The highest BCUT2D eigenvalue weighted by Crippen LogP contribution is 2.39. The Kier molecular flexibility index (Phi) is 4.59. The van der Waals surface area contributed by atoms with Gasteiger partial charge >= 0.3 is 0 Å². The molecule has 3 aromatic carbocycles. The van der Waals surface area contributed by atoms with Crippen LogP contribution in [0.25, 0.3) is 0 Å². The van der Waals surface area contributed by atoms with Crippen molar-refractivity contribution >= 4 is 0 Å². The van der Waals surface area contributed by atoms with Crippen LogP contribution in [-0.4, -0.2) is 11.2 Å². The SMILES string of the molecule is C[C@@H](O)C(Cc1ccccc1)(c1ccccc1)c1ccccc1. The number of rotatable bonds is 5. The van der Waals surface area contributed by atoms with Crippen LogP contribution in [0.3, 0.4) is 0 Å². The molecule has 116 valence electrons. The molecule has 1 heteroatoms. The van der Waals surface area contributed by atoms with Gasteiger partial charge in [0, 0.05) is 5.41 Å². The topological polar surface area (TPSA) is 20.2 Å². The molecule has 0 aliphatic heterocycles. The molecule has 0 fully saturated rings. The van der Waals surface area contributed by atoms with Crippen LogP contribution in [0.4, 0.5) is 0 Å². The third-order valence-corrected chi connectivity index (χ3v) is 4.62. The third-order valence-electron chi connectivity index (χ3n) is 4.62. The molecule has 1 atom stereocenters. The average molecular weight is 302 g/mol. The molecular formula is C22H22O. The van der Waals surface area contributed by atoms with Crippen molar-refractivity contribution in [1.29, 1.82) is 0 Å². The highest BCUT2D eigenvalue weighted by molar-refractivity contribution is 5.43. The van der Waals surface area contributed by atoms with Crippen LogP contribution in [0.1, 0.15) is 23.6 Å². The molecule has 0 bridgehead atoms. The Labute approximate surface area is 138 Å². The van der Waals surface area contributed by atoms with Gasteiger partial charge in [-0.25, -0.2) is 0 Å². The predicted molar refractivity (Wildman–Crippen MR) is 95.5 cm³/mol. The van der Waals surface area contributed by atoms with Crippen LogP contribution < -0.4 is 0 Å². The van der Waals surface area contributed by atoms with E-state index in [1.807, 2.05) is 49.4 Å². The predicted octanol–water partition coefficient (Wildman–Crippen LogP) is 4.60. The average Bonchev–Trinajstić information content (AvgIpc) is 2.62. The summed E-state index contributed by atoms with van der Waals surface area (Å²) < 4.78 is 0. The highest BCUT2D eigenvalue weighted by Gasteiger charge is 2.39. The summed E-state index contributed by atoms with van der Waals surface area (Å²) in [6, 6.07) is 31.0. The molecular weight excluding hydrogens is 280 g/mol. The number of aliphatic hydroxyl groups excluding tert-OH is 1. The minimum atomic E-state index is -0.507. The van der Waals surface area contributed by atoms with E-state index in [1.54, 1.807) is 0 Å². The molecule has 0 aliphatic carbocycles. The van der Waals surface area contributed by atoms with Crippen LogP contribution >= 0.6 is 0 Å². The van der Waals surface area contributed by atoms with Crippen LogP contribution in [0.15, 0.2) is 91.0 Å². The Bertz CT molecular complexity index is 678. The molecule has 1 nitrogen and oxygen atoms in total. The zero-order valence-corrected chi connectivity index (χ0v) is 13.4. The van der Waals surface area contributed by atoms with Gasteiger partial charge in [0.05, 0.1) is 6.10 Å². The molecule has 0 amide bonds. The summed E-state index contributed by atoms with van der Waals surface area (Å²) in [7, 11) is 0. The third kappa shape index (κ3) is 3.06. The Hall–Kier alpha value is -2.38. The Morgan fingerprint density at radius 2 is 1.09 bits per heavy atom. The van der Waals surface area contributed by atoms with Crippen LogP contribution in [0.2, 0.25) is 0 Å². The number of hydrogen-bond donors (Lipinski definition) is 1. The van der Waals surface area contributed by atoms with Gasteiger partial charge in [0.1, 0.15) is 0 Å². The van der Waals surface area contributed by atoms with Crippen molar-refractivity contribution in [3.05, 3.63) is 108 Å². The van der Waals surface area contributed by atoms with Crippen molar-refractivity contribution in [1.82, 2.24) is 0 Å². The van der Waals surface area contributed by atoms with E-state index in [2.05, 4.69) is 48.5 Å². The van der Waals surface area contributed by atoms with Crippen molar-refractivity contribution in [3.63, 3.8) is 0 Å². The lowest BCUT2D eigenvalue weighted by Gasteiger charge is -2.38. The van der Waals surface area contributed by atoms with Crippen molar-refractivity contribution in [2.24, 2.45) is 0 Å². The number of aliphatic hydroxyl groups is 1. The summed E-state index contributed by atoms with van der Waals surface area (Å²) in [4.78, 5) is 0. The lowest BCUT2D eigenvalue weighted by Crippen LogP contribution is -2.41. The van der Waals surface area contributed by atoms with E-state index < -0.39 is 11.5 Å². The maximum absolute atomic E-state index is 10.8. The van der Waals surface area contributed by atoms with Gasteiger partial charge in [-0.3, -0.25) is 0 Å². The van der Waals surface area contributed by atoms with E-state index in [0.717, 1.165) is 17.5 Å². The largest absolute Gasteiger partial charge is 0.392 e. The van der Waals surface area contributed by atoms with E-state index in [9.17, 15) is 5.11 Å². The Balaban J connectivity index is 2.19. The van der Waals surface area contributed by atoms with Crippen molar-refractivity contribution in [3.8, 4) is 0 Å². The Morgan fingerprint density at radius 1 is 0.696 bits per heavy atom. The summed E-state index contributed by atoms with van der Waals surface area (Å²) in [5, 5.41) is 10.8. The monoisotopic (exact) mass is 302 g/mol. The lowest BCUT2D eigenvalue weighted by molar-refractivity contribution is 0.119. The van der Waals surface area contributed by atoms with Crippen LogP contribution in [0, 0.1) is 0 Å². The molecule has 0 aromatic heterocycles. The molecule has 1 N–H and O–H groups in total. The van der Waals surface area contributed by atoms with Crippen LogP contribution in [0.5, 0.6) is 0 Å². The van der Waals surface area contributed by atoms with Crippen LogP contribution in [-0.2, 0) is 11.8 Å². The normalized spacial score (nSPS) is 12.8. The molecule has 0 saturated heterocycles. The second-order valence-electron chi connectivity index (χ2n) is 6.04. The van der Waals surface area contributed by atoms with Gasteiger partial charge in [-0.15, -0.1) is 0 Å². The maximum Gasteiger partial charge on any atom is 0.0652 e. The number of hydrogen-bond acceptors (Lipinski definition) is 1. The Morgan fingerprint density at radius 3 is 1.48 bits per heavy atom. The van der Waals surface area contributed by atoms with Gasteiger partial charge in [-0.05, 0) is 30.0 Å². The summed E-state index contributed by atoms with van der Waals surface area (Å²) in [6.45, 7) is 1.89. The van der Waals surface area contributed by atoms with E-state index >= 15 is 0 Å². The van der Waals surface area contributed by atoms with Crippen molar-refractivity contribution in [2.45, 2.75) is 24.9 Å². The summed E-state index contributed by atoms with van der Waals surface area (Å²) in [5.41, 5.74) is 3.06.